The van der Waals surface area contributed by atoms with Gasteiger partial charge in [0.05, 0.1) is 23.8 Å². The maximum Gasteiger partial charge on any atom is 0.202 e. The minimum Gasteiger partial charge on any atom is -0.497 e. The normalized spacial score (nSPS) is 21.0. The van der Waals surface area contributed by atoms with Gasteiger partial charge in [0.1, 0.15) is 5.75 Å². The Bertz CT molecular complexity index is 641. The van der Waals surface area contributed by atoms with Gasteiger partial charge in [-0.2, -0.15) is 5.26 Å². The minimum atomic E-state index is -3.69. The molecule has 1 unspecified atom stereocenters. The van der Waals surface area contributed by atoms with E-state index in [1.165, 1.54) is 13.2 Å². The van der Waals surface area contributed by atoms with Crippen LogP contribution in [-0.4, -0.2) is 26.5 Å². The van der Waals surface area contributed by atoms with Crippen molar-refractivity contribution in [1.82, 2.24) is 0 Å². The lowest BCUT2D eigenvalue weighted by Crippen LogP contribution is -2.29. The summed E-state index contributed by atoms with van der Waals surface area (Å²) in [6.45, 7) is 1.54. The quantitative estimate of drug-likeness (QED) is 0.755. The van der Waals surface area contributed by atoms with E-state index in [-0.39, 0.29) is 4.90 Å². The number of benzene rings is 1. The number of ether oxygens (including phenoxy) is 1. The Labute approximate surface area is 99.3 Å². The third-order valence-electron chi connectivity index (χ3n) is 2.58. The fourth-order valence-electron chi connectivity index (χ4n) is 1.70. The molecule has 0 spiro atoms. The van der Waals surface area contributed by atoms with Crippen LogP contribution in [-0.2, 0) is 9.84 Å². The zero-order valence-electron chi connectivity index (χ0n) is 9.34. The first-order valence-corrected chi connectivity index (χ1v) is 6.42. The van der Waals surface area contributed by atoms with Crippen LogP contribution in [0.5, 0.6) is 5.75 Å². The van der Waals surface area contributed by atoms with E-state index < -0.39 is 15.1 Å². The molecule has 1 aliphatic heterocycles. The lowest BCUT2D eigenvalue weighted by atomic mass is 10.2. The van der Waals surface area contributed by atoms with Crippen molar-refractivity contribution in [3.63, 3.8) is 0 Å². The summed E-state index contributed by atoms with van der Waals surface area (Å²) in [6.07, 6.45) is 0. The van der Waals surface area contributed by atoms with Crippen molar-refractivity contribution in [1.29, 1.82) is 5.26 Å². The summed E-state index contributed by atoms with van der Waals surface area (Å²) in [5.74, 6) is 0.429. The predicted octanol–water partition coefficient (Wildman–Crippen LogP) is 1.47. The summed E-state index contributed by atoms with van der Waals surface area (Å²) in [5.41, 5.74) is 0.653. The first-order chi connectivity index (χ1) is 8.00. The van der Waals surface area contributed by atoms with Gasteiger partial charge in [-0.05, 0) is 19.1 Å². The number of hydrogen-bond donors (Lipinski definition) is 0. The largest absolute Gasteiger partial charge is 0.497 e. The van der Waals surface area contributed by atoms with Gasteiger partial charge in [0.2, 0.25) is 9.84 Å². The Hall–Kier alpha value is -1.87. The van der Waals surface area contributed by atoms with E-state index >= 15 is 0 Å². The molecule has 0 saturated heterocycles. The molecule has 1 atom stereocenters. The highest BCUT2D eigenvalue weighted by Crippen LogP contribution is 2.35. The van der Waals surface area contributed by atoms with Crippen LogP contribution < -0.4 is 4.74 Å². The van der Waals surface area contributed by atoms with Gasteiger partial charge in [-0.15, -0.1) is 0 Å². The number of rotatable bonds is 1. The van der Waals surface area contributed by atoms with E-state index in [9.17, 15) is 8.42 Å². The summed E-state index contributed by atoms with van der Waals surface area (Å²) in [5, 5.41) is 7.70. The molecule has 2 rings (SSSR count). The van der Waals surface area contributed by atoms with Gasteiger partial charge in [-0.3, -0.25) is 4.99 Å². The number of nitrogens with zero attached hydrogens (tertiary/aromatic N) is 2. The van der Waals surface area contributed by atoms with Gasteiger partial charge < -0.3 is 4.74 Å². The van der Waals surface area contributed by atoms with Crippen LogP contribution >= 0.6 is 0 Å². The second-order valence-electron chi connectivity index (χ2n) is 3.64. The lowest BCUT2D eigenvalue weighted by molar-refractivity contribution is 0.413. The predicted molar refractivity (Wildman–Crippen MR) is 62.3 cm³/mol. The monoisotopic (exact) mass is 250 g/mol. The number of nitriles is 1. The van der Waals surface area contributed by atoms with Crippen molar-refractivity contribution < 1.29 is 13.2 Å². The second-order valence-corrected chi connectivity index (χ2v) is 5.64. The molecule has 0 saturated carbocycles. The third kappa shape index (κ3) is 1.68. The van der Waals surface area contributed by atoms with E-state index in [0.29, 0.717) is 17.1 Å². The van der Waals surface area contributed by atoms with Gasteiger partial charge in [-0.1, -0.05) is 0 Å². The topological polar surface area (TPSA) is 79.5 Å². The summed E-state index contributed by atoms with van der Waals surface area (Å²) in [7, 11) is -2.23. The molecule has 0 aliphatic carbocycles. The summed E-state index contributed by atoms with van der Waals surface area (Å²) in [6, 6.07) is 6.37. The van der Waals surface area contributed by atoms with Crippen molar-refractivity contribution >= 4 is 21.2 Å². The Kier molecular flexibility index (Phi) is 2.63. The molecule has 0 N–H and O–H groups in total. The van der Waals surface area contributed by atoms with Crippen LogP contribution in [0.4, 0.5) is 5.69 Å². The van der Waals surface area contributed by atoms with E-state index in [1.807, 2.05) is 0 Å². The lowest BCUT2D eigenvalue weighted by Gasteiger charge is -2.18. The number of aliphatic imine (C=N–C) groups is 1. The van der Waals surface area contributed by atoms with Crippen molar-refractivity contribution in [3.05, 3.63) is 18.2 Å². The molecule has 0 aromatic heterocycles. The Morgan fingerprint density at radius 2 is 2.18 bits per heavy atom. The molecule has 1 aliphatic rings. The average molecular weight is 250 g/mol. The standard InChI is InChI=1S/C11H10N2O3S/c1-7-11(6-12)17(14,15)10-5-8(16-2)3-4-9(10)13-7/h3-5,11H,1-2H3. The van der Waals surface area contributed by atoms with Crippen molar-refractivity contribution in [2.24, 2.45) is 4.99 Å². The van der Waals surface area contributed by atoms with Crippen LogP contribution in [0.25, 0.3) is 0 Å². The van der Waals surface area contributed by atoms with E-state index in [2.05, 4.69) is 4.99 Å². The fraction of sp³-hybridized carbons (Fsp3) is 0.273. The van der Waals surface area contributed by atoms with Crippen LogP contribution in [0.2, 0.25) is 0 Å². The van der Waals surface area contributed by atoms with Gasteiger partial charge >= 0.3 is 0 Å². The van der Waals surface area contributed by atoms with E-state index in [0.717, 1.165) is 0 Å². The second kappa shape index (κ2) is 3.86. The zero-order valence-corrected chi connectivity index (χ0v) is 10.2. The van der Waals surface area contributed by atoms with Crippen molar-refractivity contribution in [2.45, 2.75) is 17.1 Å². The van der Waals surface area contributed by atoms with Gasteiger partial charge in [0.25, 0.3) is 0 Å². The Morgan fingerprint density at radius 3 is 2.76 bits per heavy atom. The molecule has 1 aromatic carbocycles. The molecule has 17 heavy (non-hydrogen) atoms. The number of methoxy groups -OCH3 is 1. The maximum absolute atomic E-state index is 12.2. The SMILES string of the molecule is COc1ccc2c(c1)S(=O)(=O)C(C#N)C(C)=N2. The van der Waals surface area contributed by atoms with Gasteiger partial charge in [0.15, 0.2) is 5.25 Å². The van der Waals surface area contributed by atoms with E-state index in [1.54, 1.807) is 25.1 Å². The minimum absolute atomic E-state index is 0.0500. The number of hydrogen-bond acceptors (Lipinski definition) is 5. The van der Waals surface area contributed by atoms with Gasteiger partial charge in [0, 0.05) is 11.8 Å². The number of sulfone groups is 1. The summed E-state index contributed by atoms with van der Waals surface area (Å²) in [4.78, 5) is 4.18. The molecule has 0 bridgehead atoms. The highest BCUT2D eigenvalue weighted by Gasteiger charge is 2.35. The Morgan fingerprint density at radius 1 is 1.47 bits per heavy atom. The first kappa shape index (κ1) is 11.6. The number of fused-ring (bicyclic) bond motifs is 1. The first-order valence-electron chi connectivity index (χ1n) is 4.87. The molecule has 1 heterocycles. The summed E-state index contributed by atoms with van der Waals surface area (Å²) < 4.78 is 29.3. The molecule has 5 nitrogen and oxygen atoms in total. The van der Waals surface area contributed by atoms with E-state index in [4.69, 9.17) is 10.00 Å². The Balaban J connectivity index is 2.75. The third-order valence-corrected chi connectivity index (χ3v) is 4.58. The average Bonchev–Trinajstić information content (AvgIpc) is 2.28. The highest BCUT2D eigenvalue weighted by molar-refractivity contribution is 7.93. The maximum atomic E-state index is 12.2. The van der Waals surface area contributed by atoms with Crippen LogP contribution in [0.3, 0.4) is 0 Å². The molecule has 88 valence electrons. The van der Waals surface area contributed by atoms with Gasteiger partial charge in [-0.25, -0.2) is 8.42 Å². The zero-order chi connectivity index (χ0) is 12.6. The molecule has 0 fully saturated rings. The molecule has 0 radical (unpaired) electrons. The van der Waals surface area contributed by atoms with Crippen molar-refractivity contribution in [3.8, 4) is 11.8 Å². The fourth-order valence-corrected chi connectivity index (χ4v) is 3.28. The van der Waals surface area contributed by atoms with Crippen molar-refractivity contribution in [2.75, 3.05) is 7.11 Å². The highest BCUT2D eigenvalue weighted by atomic mass is 32.2. The molecule has 0 amide bonds. The summed E-state index contributed by atoms with van der Waals surface area (Å²) >= 11 is 0. The molecular formula is C11H10N2O3S. The smallest absolute Gasteiger partial charge is 0.202 e. The van der Waals surface area contributed by atoms with Crippen LogP contribution in [0.1, 0.15) is 6.92 Å². The molecule has 1 aromatic rings. The van der Waals surface area contributed by atoms with Crippen LogP contribution in [0.15, 0.2) is 28.1 Å². The van der Waals surface area contributed by atoms with Crippen LogP contribution in [0, 0.1) is 11.3 Å². The molecular weight excluding hydrogens is 240 g/mol. The molecule has 6 heteroatoms.